The second kappa shape index (κ2) is 3.05. The molecule has 0 radical (unpaired) electrons. The Labute approximate surface area is 71.7 Å². The highest BCUT2D eigenvalue weighted by Crippen LogP contribution is 2.16. The summed E-state index contributed by atoms with van der Waals surface area (Å²) in [6, 6.07) is 3.49. The summed E-state index contributed by atoms with van der Waals surface area (Å²) in [5.41, 5.74) is 2.24. The van der Waals surface area contributed by atoms with Crippen LogP contribution < -0.4 is 0 Å². The smallest absolute Gasteiger partial charge is 0.135 e. The summed E-state index contributed by atoms with van der Waals surface area (Å²) < 4.78 is 13.4. The van der Waals surface area contributed by atoms with E-state index >= 15 is 0 Å². The minimum absolute atomic E-state index is 0.262. The molecule has 0 saturated heterocycles. The maximum atomic E-state index is 13.4. The molecule has 0 aliphatic rings. The third-order valence-corrected chi connectivity index (χ3v) is 2.06. The zero-order valence-electron chi connectivity index (χ0n) is 7.53. The molecule has 0 fully saturated rings. The lowest BCUT2D eigenvalue weighted by Gasteiger charge is -2.05. The summed E-state index contributed by atoms with van der Waals surface area (Å²) in [7, 11) is 0. The van der Waals surface area contributed by atoms with E-state index in [1.54, 1.807) is 19.9 Å². The van der Waals surface area contributed by atoms with Crippen molar-refractivity contribution >= 4 is 5.71 Å². The average molecular weight is 165 g/mol. The first-order valence-electron chi connectivity index (χ1n) is 3.85. The van der Waals surface area contributed by atoms with Gasteiger partial charge in [0.1, 0.15) is 5.82 Å². The van der Waals surface area contributed by atoms with Crippen molar-refractivity contribution in [3.05, 3.63) is 34.6 Å². The van der Waals surface area contributed by atoms with Crippen LogP contribution >= 0.6 is 0 Å². The monoisotopic (exact) mass is 165 g/mol. The third kappa shape index (κ3) is 1.37. The minimum Gasteiger partial charge on any atom is -0.305 e. The van der Waals surface area contributed by atoms with Crippen molar-refractivity contribution in [3.63, 3.8) is 0 Å². The predicted molar refractivity (Wildman–Crippen MR) is 48.4 cm³/mol. The number of benzene rings is 1. The van der Waals surface area contributed by atoms with Gasteiger partial charge in [-0.2, -0.15) is 0 Å². The van der Waals surface area contributed by atoms with Crippen LogP contribution in [0.1, 0.15) is 23.6 Å². The molecule has 1 rings (SSSR count). The van der Waals surface area contributed by atoms with E-state index in [1.807, 2.05) is 13.0 Å². The van der Waals surface area contributed by atoms with Crippen molar-refractivity contribution in [1.29, 1.82) is 5.41 Å². The number of rotatable bonds is 1. The summed E-state index contributed by atoms with van der Waals surface area (Å²) >= 11 is 0. The van der Waals surface area contributed by atoms with E-state index in [9.17, 15) is 4.39 Å². The Kier molecular flexibility index (Phi) is 2.27. The Morgan fingerprint density at radius 3 is 2.42 bits per heavy atom. The highest BCUT2D eigenvalue weighted by atomic mass is 19.1. The van der Waals surface area contributed by atoms with Gasteiger partial charge in [0.2, 0.25) is 0 Å². The van der Waals surface area contributed by atoms with Crippen LogP contribution in [0, 0.1) is 25.1 Å². The van der Waals surface area contributed by atoms with Crippen LogP contribution in [0.5, 0.6) is 0 Å². The summed E-state index contributed by atoms with van der Waals surface area (Å²) in [6.45, 7) is 5.19. The van der Waals surface area contributed by atoms with Gasteiger partial charge in [0.25, 0.3) is 0 Å². The molecule has 0 aliphatic carbocycles. The predicted octanol–water partition coefficient (Wildman–Crippen LogP) is 2.83. The lowest BCUT2D eigenvalue weighted by atomic mass is 10.0. The minimum atomic E-state index is -0.262. The average Bonchev–Trinajstić information content (AvgIpc) is 2.00. The first-order chi connectivity index (χ1) is 5.54. The Bertz CT molecular complexity index is 329. The van der Waals surface area contributed by atoms with Gasteiger partial charge in [-0.1, -0.05) is 6.07 Å². The summed E-state index contributed by atoms with van der Waals surface area (Å²) in [6.07, 6.45) is 0. The van der Waals surface area contributed by atoms with Gasteiger partial charge in [0.15, 0.2) is 0 Å². The molecule has 64 valence electrons. The van der Waals surface area contributed by atoms with Crippen LogP contribution in [-0.4, -0.2) is 5.71 Å². The molecule has 0 unspecified atom stereocenters. The fraction of sp³-hybridized carbons (Fsp3) is 0.300. The Hall–Kier alpha value is -1.18. The van der Waals surface area contributed by atoms with Crippen molar-refractivity contribution in [2.45, 2.75) is 20.8 Å². The van der Waals surface area contributed by atoms with Crippen LogP contribution in [-0.2, 0) is 0 Å². The van der Waals surface area contributed by atoms with Crippen molar-refractivity contribution in [3.8, 4) is 0 Å². The molecule has 0 aliphatic heterocycles. The van der Waals surface area contributed by atoms with E-state index in [-0.39, 0.29) is 11.5 Å². The van der Waals surface area contributed by atoms with Crippen molar-refractivity contribution in [2.24, 2.45) is 0 Å². The molecule has 0 aromatic heterocycles. The molecule has 0 heterocycles. The maximum Gasteiger partial charge on any atom is 0.135 e. The molecule has 0 spiro atoms. The lowest BCUT2D eigenvalue weighted by molar-refractivity contribution is 0.614. The molecule has 0 saturated carbocycles. The Morgan fingerprint density at radius 2 is 1.92 bits per heavy atom. The second-order valence-corrected chi connectivity index (χ2v) is 2.99. The SMILES string of the molecule is CC(=N)c1ccc(C)c(C)c1F. The van der Waals surface area contributed by atoms with Crippen molar-refractivity contribution in [2.75, 3.05) is 0 Å². The molecule has 12 heavy (non-hydrogen) atoms. The molecule has 1 N–H and O–H groups in total. The molecule has 0 atom stereocenters. The first-order valence-corrected chi connectivity index (χ1v) is 3.85. The van der Waals surface area contributed by atoms with Crippen LogP contribution in [0.2, 0.25) is 0 Å². The van der Waals surface area contributed by atoms with Gasteiger partial charge in [-0.25, -0.2) is 4.39 Å². The largest absolute Gasteiger partial charge is 0.305 e. The molecular weight excluding hydrogens is 153 g/mol. The molecule has 2 heteroatoms. The fourth-order valence-corrected chi connectivity index (χ4v) is 1.07. The molecule has 0 bridgehead atoms. The van der Waals surface area contributed by atoms with Crippen LogP contribution in [0.15, 0.2) is 12.1 Å². The number of aryl methyl sites for hydroxylation is 1. The standard InChI is InChI=1S/C10H12FN/c1-6-4-5-9(8(3)12)10(11)7(6)2/h4-5,12H,1-3H3. The number of halogens is 1. The molecular formula is C10H12FN. The van der Waals surface area contributed by atoms with E-state index in [0.717, 1.165) is 5.56 Å². The van der Waals surface area contributed by atoms with Crippen molar-refractivity contribution < 1.29 is 4.39 Å². The van der Waals surface area contributed by atoms with E-state index in [4.69, 9.17) is 5.41 Å². The van der Waals surface area contributed by atoms with Crippen LogP contribution in [0.25, 0.3) is 0 Å². The highest BCUT2D eigenvalue weighted by Gasteiger charge is 2.07. The summed E-state index contributed by atoms with van der Waals surface area (Å²) in [5, 5.41) is 7.30. The number of hydrogen-bond acceptors (Lipinski definition) is 1. The van der Waals surface area contributed by atoms with Crippen LogP contribution in [0.3, 0.4) is 0 Å². The molecule has 0 amide bonds. The van der Waals surface area contributed by atoms with E-state index in [2.05, 4.69) is 0 Å². The van der Waals surface area contributed by atoms with Gasteiger partial charge in [0.05, 0.1) is 0 Å². The van der Waals surface area contributed by atoms with Gasteiger partial charge < -0.3 is 5.41 Å². The Morgan fingerprint density at radius 1 is 1.33 bits per heavy atom. The van der Waals surface area contributed by atoms with Gasteiger partial charge in [-0.15, -0.1) is 0 Å². The number of nitrogens with one attached hydrogen (secondary N) is 1. The normalized spacial score (nSPS) is 10.0. The first kappa shape index (κ1) is 8.91. The highest BCUT2D eigenvalue weighted by molar-refractivity contribution is 5.96. The summed E-state index contributed by atoms with van der Waals surface area (Å²) in [5.74, 6) is -0.262. The second-order valence-electron chi connectivity index (χ2n) is 2.99. The van der Waals surface area contributed by atoms with E-state index in [1.165, 1.54) is 0 Å². The van der Waals surface area contributed by atoms with Crippen LogP contribution in [0.4, 0.5) is 4.39 Å². The molecule has 1 aromatic carbocycles. The zero-order chi connectivity index (χ0) is 9.30. The topological polar surface area (TPSA) is 23.9 Å². The van der Waals surface area contributed by atoms with Crippen molar-refractivity contribution in [1.82, 2.24) is 0 Å². The van der Waals surface area contributed by atoms with E-state index < -0.39 is 0 Å². The van der Waals surface area contributed by atoms with E-state index in [0.29, 0.717) is 11.1 Å². The lowest BCUT2D eigenvalue weighted by Crippen LogP contribution is -2.00. The fourth-order valence-electron chi connectivity index (χ4n) is 1.07. The molecule has 1 nitrogen and oxygen atoms in total. The third-order valence-electron chi connectivity index (χ3n) is 2.06. The van der Waals surface area contributed by atoms with Gasteiger partial charge in [-0.05, 0) is 38.0 Å². The maximum absolute atomic E-state index is 13.4. The number of hydrogen-bond donors (Lipinski definition) is 1. The quantitative estimate of drug-likeness (QED) is 0.619. The van der Waals surface area contributed by atoms with Gasteiger partial charge in [0, 0.05) is 11.3 Å². The molecule has 1 aromatic rings. The Balaban J connectivity index is 3.36. The zero-order valence-corrected chi connectivity index (χ0v) is 7.53. The summed E-state index contributed by atoms with van der Waals surface area (Å²) in [4.78, 5) is 0. The van der Waals surface area contributed by atoms with Gasteiger partial charge in [-0.3, -0.25) is 0 Å². The van der Waals surface area contributed by atoms with Gasteiger partial charge >= 0.3 is 0 Å².